The van der Waals surface area contributed by atoms with Gasteiger partial charge in [-0.15, -0.1) is 0 Å². The molecule has 0 saturated carbocycles. The van der Waals surface area contributed by atoms with E-state index in [-0.39, 0.29) is 39.4 Å². The molecule has 0 bridgehead atoms. The number of nitrogens with one attached hydrogen (secondary N) is 3. The lowest BCUT2D eigenvalue weighted by Crippen LogP contribution is -2.46. The second kappa shape index (κ2) is 14.7. The van der Waals surface area contributed by atoms with Crippen LogP contribution in [0.3, 0.4) is 0 Å². The highest BCUT2D eigenvalue weighted by molar-refractivity contribution is 7.80. The molecule has 1 aliphatic rings. The first-order valence-corrected chi connectivity index (χ1v) is 15.7. The van der Waals surface area contributed by atoms with Crippen LogP contribution in [-0.2, 0) is 23.5 Å². The quantitative estimate of drug-likeness (QED) is 0.0666. The number of anilines is 1. The molecule has 19 heteroatoms. The molecule has 3 aromatic rings. The molecule has 1 heterocycles. The molecule has 0 aliphatic carbocycles. The van der Waals surface area contributed by atoms with Crippen LogP contribution in [-0.4, -0.2) is 83.2 Å². The molecule has 3 aromatic carbocycles. The van der Waals surface area contributed by atoms with Gasteiger partial charge in [-0.1, -0.05) is 18.2 Å². The van der Waals surface area contributed by atoms with E-state index in [1.165, 1.54) is 42.5 Å². The Labute approximate surface area is 276 Å². The molecule has 254 valence electrons. The van der Waals surface area contributed by atoms with Crippen LogP contribution in [0.5, 0.6) is 23.0 Å². The fourth-order valence-electron chi connectivity index (χ4n) is 4.81. The predicted molar refractivity (Wildman–Crippen MR) is 169 cm³/mol. The minimum atomic E-state index is -4.95. The van der Waals surface area contributed by atoms with Crippen LogP contribution in [0.25, 0.3) is 0 Å². The van der Waals surface area contributed by atoms with Gasteiger partial charge in [-0.2, -0.15) is 0 Å². The zero-order valence-electron chi connectivity index (χ0n) is 24.4. The Morgan fingerprint density at radius 3 is 1.94 bits per heavy atom. The number of carbonyl (C=O) groups is 4. The molecular weight excluding hydrogens is 677 g/mol. The summed E-state index contributed by atoms with van der Waals surface area (Å²) in [5.74, 6) is -6.33. The van der Waals surface area contributed by atoms with Crippen molar-refractivity contribution < 1.29 is 68.5 Å². The van der Waals surface area contributed by atoms with Gasteiger partial charge in [0.25, 0.3) is 0 Å². The maximum atomic E-state index is 12.5. The SMILES string of the molecule is O=C(O)CC[C@H](NP(=O)(O)OC[C@H](NC(=S)Nc1ccc(C2c3ccc(O)cc3Oc3cc(O)ccc32)c(C(=O)O)c1)C(=O)O)C(=O)O. The Hall–Kier alpha value is -5.26. The lowest BCUT2D eigenvalue weighted by molar-refractivity contribution is -0.141. The molecule has 17 nitrogen and oxygen atoms in total. The van der Waals surface area contributed by atoms with Crippen molar-refractivity contribution in [2.75, 3.05) is 11.9 Å². The van der Waals surface area contributed by atoms with Crippen molar-refractivity contribution in [1.82, 2.24) is 10.4 Å². The van der Waals surface area contributed by atoms with Crippen molar-refractivity contribution in [2.45, 2.75) is 30.8 Å². The molecule has 0 fully saturated rings. The first kappa shape index (κ1) is 35.6. The van der Waals surface area contributed by atoms with Gasteiger partial charge in [0.1, 0.15) is 29.0 Å². The van der Waals surface area contributed by atoms with E-state index in [2.05, 4.69) is 10.6 Å². The molecule has 0 saturated heterocycles. The van der Waals surface area contributed by atoms with Crippen LogP contribution < -0.4 is 20.5 Å². The average molecular weight is 706 g/mol. The van der Waals surface area contributed by atoms with Crippen molar-refractivity contribution in [2.24, 2.45) is 0 Å². The van der Waals surface area contributed by atoms with E-state index in [4.69, 9.17) is 26.6 Å². The number of thiocarbonyl (C=S) groups is 1. The Balaban J connectivity index is 1.52. The van der Waals surface area contributed by atoms with Crippen LogP contribution in [0.2, 0.25) is 0 Å². The van der Waals surface area contributed by atoms with E-state index < -0.39 is 69.1 Å². The van der Waals surface area contributed by atoms with Crippen molar-refractivity contribution in [1.29, 1.82) is 0 Å². The maximum Gasteiger partial charge on any atom is 0.403 e. The number of carboxylic acids is 4. The minimum absolute atomic E-state index is 0.0987. The summed E-state index contributed by atoms with van der Waals surface area (Å²) in [5, 5.41) is 64.1. The number of carboxylic acid groups (broad SMARTS) is 4. The zero-order valence-corrected chi connectivity index (χ0v) is 26.1. The first-order valence-electron chi connectivity index (χ1n) is 13.8. The molecule has 1 aliphatic heterocycles. The van der Waals surface area contributed by atoms with E-state index in [1.54, 1.807) is 17.2 Å². The largest absolute Gasteiger partial charge is 0.508 e. The minimum Gasteiger partial charge on any atom is -0.508 e. The van der Waals surface area contributed by atoms with Crippen LogP contribution in [0.1, 0.15) is 45.8 Å². The van der Waals surface area contributed by atoms with Crippen LogP contribution in [0.15, 0.2) is 54.6 Å². The number of ether oxygens (including phenoxy) is 1. The van der Waals surface area contributed by atoms with Gasteiger partial charge in [0.15, 0.2) is 11.2 Å². The third-order valence-electron chi connectivity index (χ3n) is 6.97. The van der Waals surface area contributed by atoms with E-state index in [9.17, 15) is 54.2 Å². The summed E-state index contributed by atoms with van der Waals surface area (Å²) in [6.45, 7) is -1.00. The Morgan fingerprint density at radius 1 is 0.854 bits per heavy atom. The summed E-state index contributed by atoms with van der Waals surface area (Å²) in [4.78, 5) is 56.4. The third-order valence-corrected chi connectivity index (χ3v) is 8.33. The molecule has 0 spiro atoms. The Morgan fingerprint density at radius 2 is 1.42 bits per heavy atom. The smallest absolute Gasteiger partial charge is 0.403 e. The van der Waals surface area contributed by atoms with Crippen LogP contribution in [0, 0.1) is 0 Å². The summed E-state index contributed by atoms with van der Waals surface area (Å²) in [6.07, 6.45) is -1.20. The van der Waals surface area contributed by atoms with Crippen molar-refractivity contribution in [3.63, 3.8) is 0 Å². The molecule has 0 amide bonds. The molecule has 1 unspecified atom stereocenters. The third kappa shape index (κ3) is 8.75. The highest BCUT2D eigenvalue weighted by atomic mass is 32.1. The monoisotopic (exact) mass is 705 g/mol. The Bertz CT molecular complexity index is 1790. The zero-order chi connectivity index (χ0) is 35.3. The van der Waals surface area contributed by atoms with Crippen molar-refractivity contribution >= 4 is 54.6 Å². The van der Waals surface area contributed by atoms with E-state index in [0.717, 1.165) is 0 Å². The van der Waals surface area contributed by atoms with Gasteiger partial charge in [-0.25, -0.2) is 19.2 Å². The standard InChI is InChI=1S/C29H28N3O14PS/c33-14-2-5-17-22(10-14)46-23-11-15(34)3-6-18(23)25(17)16-4-1-13(9-19(16)26(37)38)30-29(48)31-21(28(41)42)12-45-47(43,44)32-20(27(39)40)7-8-24(35)36/h1-6,9-11,20-21,25,33-34H,7-8,12H2,(H,35,36)(H,37,38)(H,39,40)(H,41,42)(H2,30,31,48)(H2,32,43,44)/t20-,21-/m0/s1. The number of phenols is 2. The topological polar surface area (TPSA) is 282 Å². The summed E-state index contributed by atoms with van der Waals surface area (Å²) >= 11 is 5.16. The molecule has 10 N–H and O–H groups in total. The highest BCUT2D eigenvalue weighted by Crippen LogP contribution is 2.50. The average Bonchev–Trinajstić information content (AvgIpc) is 2.99. The summed E-state index contributed by atoms with van der Waals surface area (Å²) < 4.78 is 23.0. The normalized spacial score (nSPS) is 14.6. The van der Waals surface area contributed by atoms with Gasteiger partial charge in [0.05, 0.1) is 12.2 Å². The summed E-state index contributed by atoms with van der Waals surface area (Å²) in [6, 6.07) is 9.35. The number of benzene rings is 3. The number of hydrogen-bond acceptors (Lipinski definition) is 10. The highest BCUT2D eigenvalue weighted by Gasteiger charge is 2.33. The molecule has 0 radical (unpaired) electrons. The second-order valence-electron chi connectivity index (χ2n) is 10.3. The lowest BCUT2D eigenvalue weighted by atomic mass is 9.80. The molecule has 4 rings (SSSR count). The predicted octanol–water partition coefficient (Wildman–Crippen LogP) is 2.85. The second-order valence-corrected chi connectivity index (χ2v) is 12.3. The van der Waals surface area contributed by atoms with Crippen LogP contribution >= 0.6 is 20.0 Å². The van der Waals surface area contributed by atoms with Gasteiger partial charge >= 0.3 is 31.6 Å². The van der Waals surface area contributed by atoms with Crippen molar-refractivity contribution in [3.05, 3.63) is 76.9 Å². The first-order chi connectivity index (χ1) is 22.5. The van der Waals surface area contributed by atoms with Gasteiger partial charge in [0.2, 0.25) is 0 Å². The summed E-state index contributed by atoms with van der Waals surface area (Å²) in [5.41, 5.74) is 1.29. The number of hydrogen-bond donors (Lipinski definition) is 10. The van der Waals surface area contributed by atoms with Crippen molar-refractivity contribution in [3.8, 4) is 23.0 Å². The number of aromatic carboxylic acids is 1. The maximum absolute atomic E-state index is 12.5. The molecule has 0 aromatic heterocycles. The van der Waals surface area contributed by atoms with E-state index >= 15 is 0 Å². The van der Waals surface area contributed by atoms with Gasteiger partial charge in [0, 0.05) is 41.3 Å². The van der Waals surface area contributed by atoms with Gasteiger partial charge < -0.3 is 50.9 Å². The fourth-order valence-corrected chi connectivity index (χ4v) is 6.13. The summed E-state index contributed by atoms with van der Waals surface area (Å²) in [7, 11) is -4.95. The molecule has 3 atom stereocenters. The number of fused-ring (bicyclic) bond motifs is 2. The number of phenolic OH excluding ortho intramolecular Hbond substituents is 2. The number of aromatic hydroxyl groups is 2. The van der Waals surface area contributed by atoms with Crippen LogP contribution in [0.4, 0.5) is 5.69 Å². The van der Waals surface area contributed by atoms with E-state index in [0.29, 0.717) is 16.7 Å². The fraction of sp³-hybridized carbons (Fsp3) is 0.207. The number of aliphatic carboxylic acids is 3. The lowest BCUT2D eigenvalue weighted by Gasteiger charge is -2.30. The van der Waals surface area contributed by atoms with E-state index in [1.807, 2.05) is 0 Å². The number of rotatable bonds is 14. The Kier molecular flexibility index (Phi) is 10.9. The molecule has 48 heavy (non-hydrogen) atoms. The van der Waals surface area contributed by atoms with Gasteiger partial charge in [-0.3, -0.25) is 14.1 Å². The molecular formula is C29H28N3O14PS. The van der Waals surface area contributed by atoms with Gasteiger partial charge in [-0.05, 0) is 48.5 Å².